The second-order valence-electron chi connectivity index (χ2n) is 5.82. The van der Waals surface area contributed by atoms with Gasteiger partial charge in [0.1, 0.15) is 0 Å². The number of para-hydroxylation sites is 1. The second-order valence-corrected chi connectivity index (χ2v) is 5.82. The number of amides is 2. The van der Waals surface area contributed by atoms with Crippen molar-refractivity contribution in [2.24, 2.45) is 15.3 Å². The number of hydrazone groups is 1. The quantitative estimate of drug-likeness (QED) is 0.813. The molecule has 0 saturated carbocycles. The Morgan fingerprint density at radius 1 is 1.14 bits per heavy atom. The summed E-state index contributed by atoms with van der Waals surface area (Å²) in [5, 5.41) is 15.1. The molecule has 2 aromatic rings. The van der Waals surface area contributed by atoms with Crippen LogP contribution in [-0.4, -0.2) is 23.7 Å². The molecule has 0 aromatic heterocycles. The van der Waals surface area contributed by atoms with Gasteiger partial charge in [0, 0.05) is 6.92 Å². The summed E-state index contributed by atoms with van der Waals surface area (Å²) in [6.45, 7) is 1.24. The van der Waals surface area contributed by atoms with Gasteiger partial charge in [-0.1, -0.05) is 24.3 Å². The summed E-state index contributed by atoms with van der Waals surface area (Å²) >= 11 is 0. The standard InChI is InChI=1S/C18H14F3N5O2/c1-11(27)22-16-15(17(28)26(25-16)14-8-3-2-4-9-14)24-23-13-7-5-6-12(10-13)18(19,20)21/h2-10,15H,1H3,(H,22,25,27)/t15-/m1/s1. The molecule has 7 nitrogen and oxygen atoms in total. The SMILES string of the molecule is CC(=O)NC1=NN(c2ccccc2)C(=O)[C@@H]1N=Nc1cccc(C(F)(F)F)c1. The normalized spacial score (nSPS) is 17.1. The number of nitrogens with one attached hydrogen (secondary N) is 1. The maximum atomic E-state index is 12.8. The number of hydrogen-bond donors (Lipinski definition) is 1. The number of anilines is 1. The van der Waals surface area contributed by atoms with Gasteiger partial charge in [-0.05, 0) is 30.3 Å². The molecule has 144 valence electrons. The van der Waals surface area contributed by atoms with E-state index in [1.165, 1.54) is 19.1 Å². The van der Waals surface area contributed by atoms with Crippen LogP contribution in [0.2, 0.25) is 0 Å². The molecule has 10 heteroatoms. The summed E-state index contributed by atoms with van der Waals surface area (Å²) in [7, 11) is 0. The van der Waals surface area contributed by atoms with Crippen molar-refractivity contribution >= 4 is 29.0 Å². The highest BCUT2D eigenvalue weighted by molar-refractivity contribution is 6.21. The second kappa shape index (κ2) is 7.59. The van der Waals surface area contributed by atoms with Crippen LogP contribution in [0, 0.1) is 0 Å². The van der Waals surface area contributed by atoms with Gasteiger partial charge in [0.15, 0.2) is 5.84 Å². The van der Waals surface area contributed by atoms with Crippen molar-refractivity contribution in [1.29, 1.82) is 0 Å². The summed E-state index contributed by atoms with van der Waals surface area (Å²) in [6, 6.07) is 11.4. The van der Waals surface area contributed by atoms with Gasteiger partial charge in [0.25, 0.3) is 5.91 Å². The third kappa shape index (κ3) is 4.22. The maximum Gasteiger partial charge on any atom is 0.416 e. The molecule has 0 saturated heterocycles. The molecule has 28 heavy (non-hydrogen) atoms. The number of azo groups is 1. The van der Waals surface area contributed by atoms with Crippen LogP contribution in [0.1, 0.15) is 12.5 Å². The van der Waals surface area contributed by atoms with Gasteiger partial charge in [-0.15, -0.1) is 5.10 Å². The largest absolute Gasteiger partial charge is 0.416 e. The molecule has 2 aromatic carbocycles. The van der Waals surface area contributed by atoms with Crippen molar-refractivity contribution in [1.82, 2.24) is 5.32 Å². The van der Waals surface area contributed by atoms with E-state index < -0.39 is 29.6 Å². The Kier molecular flexibility index (Phi) is 5.21. The fourth-order valence-corrected chi connectivity index (χ4v) is 2.45. The van der Waals surface area contributed by atoms with E-state index in [9.17, 15) is 22.8 Å². The van der Waals surface area contributed by atoms with Gasteiger partial charge in [-0.25, -0.2) is 0 Å². The molecule has 0 bridgehead atoms. The predicted molar refractivity (Wildman–Crippen MR) is 94.9 cm³/mol. The molecular formula is C18H14F3N5O2. The third-order valence-corrected chi connectivity index (χ3v) is 3.68. The molecule has 3 rings (SSSR count). The van der Waals surface area contributed by atoms with Crippen LogP contribution in [0.5, 0.6) is 0 Å². The van der Waals surface area contributed by atoms with Crippen molar-refractivity contribution in [2.75, 3.05) is 5.01 Å². The fraction of sp³-hybridized carbons (Fsp3) is 0.167. The highest BCUT2D eigenvalue weighted by Gasteiger charge is 2.38. The van der Waals surface area contributed by atoms with E-state index in [1.807, 2.05) is 0 Å². The average Bonchev–Trinajstić information content (AvgIpc) is 2.95. The van der Waals surface area contributed by atoms with Gasteiger partial charge < -0.3 is 5.32 Å². The molecule has 0 aliphatic carbocycles. The van der Waals surface area contributed by atoms with Crippen molar-refractivity contribution < 1.29 is 22.8 Å². The molecule has 0 fully saturated rings. The molecular weight excluding hydrogens is 375 g/mol. The van der Waals surface area contributed by atoms with E-state index in [0.717, 1.165) is 17.1 Å². The maximum absolute atomic E-state index is 12.8. The van der Waals surface area contributed by atoms with Gasteiger partial charge in [-0.3, -0.25) is 9.59 Å². The average molecular weight is 389 g/mol. The van der Waals surface area contributed by atoms with E-state index in [2.05, 4.69) is 20.6 Å². The Hall–Kier alpha value is -3.56. The van der Waals surface area contributed by atoms with Crippen LogP contribution >= 0.6 is 0 Å². The minimum absolute atomic E-state index is 0.0583. The van der Waals surface area contributed by atoms with E-state index in [-0.39, 0.29) is 11.5 Å². The Labute approximate surface area is 157 Å². The lowest BCUT2D eigenvalue weighted by atomic mass is 10.2. The third-order valence-electron chi connectivity index (χ3n) is 3.68. The first-order valence-corrected chi connectivity index (χ1v) is 8.09. The minimum atomic E-state index is -4.53. The number of rotatable bonds is 3. The lowest BCUT2D eigenvalue weighted by Gasteiger charge is -2.11. The smallest absolute Gasteiger partial charge is 0.311 e. The minimum Gasteiger partial charge on any atom is -0.311 e. The molecule has 1 atom stereocenters. The zero-order valence-corrected chi connectivity index (χ0v) is 14.5. The van der Waals surface area contributed by atoms with Crippen molar-refractivity contribution in [2.45, 2.75) is 19.1 Å². The number of amidine groups is 1. The summed E-state index contributed by atoms with van der Waals surface area (Å²) < 4.78 is 38.4. The monoisotopic (exact) mass is 389 g/mol. The number of hydrogen-bond acceptors (Lipinski definition) is 5. The summed E-state index contributed by atoms with van der Waals surface area (Å²) in [6.07, 6.45) is -4.53. The van der Waals surface area contributed by atoms with Gasteiger partial charge in [0.2, 0.25) is 11.9 Å². The Balaban J connectivity index is 1.89. The molecule has 1 aliphatic heterocycles. The van der Waals surface area contributed by atoms with Crippen molar-refractivity contribution in [3.05, 3.63) is 60.2 Å². The number of nitrogens with zero attached hydrogens (tertiary/aromatic N) is 4. The number of carbonyl (C=O) groups is 2. The van der Waals surface area contributed by atoms with Crippen molar-refractivity contribution in [3.8, 4) is 0 Å². The van der Waals surface area contributed by atoms with Crippen LogP contribution in [0.25, 0.3) is 0 Å². The zero-order chi connectivity index (χ0) is 20.3. The van der Waals surface area contributed by atoms with E-state index >= 15 is 0 Å². The van der Waals surface area contributed by atoms with Crippen molar-refractivity contribution in [3.63, 3.8) is 0 Å². The van der Waals surface area contributed by atoms with E-state index in [0.29, 0.717) is 5.69 Å². The van der Waals surface area contributed by atoms with Crippen LogP contribution in [0.4, 0.5) is 24.5 Å². The number of alkyl halides is 3. The number of carbonyl (C=O) groups excluding carboxylic acids is 2. The summed E-state index contributed by atoms with van der Waals surface area (Å²) in [4.78, 5) is 24.1. The molecule has 1 N–H and O–H groups in total. The molecule has 0 unspecified atom stereocenters. The van der Waals surface area contributed by atoms with E-state index in [1.54, 1.807) is 30.3 Å². The van der Waals surface area contributed by atoms with Crippen LogP contribution in [0.3, 0.4) is 0 Å². The van der Waals surface area contributed by atoms with Crippen LogP contribution in [0.15, 0.2) is 69.9 Å². The highest BCUT2D eigenvalue weighted by Crippen LogP contribution is 2.31. The Morgan fingerprint density at radius 3 is 2.50 bits per heavy atom. The molecule has 1 aliphatic rings. The predicted octanol–water partition coefficient (Wildman–Crippen LogP) is 3.65. The van der Waals surface area contributed by atoms with Gasteiger partial charge in [0.05, 0.1) is 16.9 Å². The van der Waals surface area contributed by atoms with Gasteiger partial charge in [-0.2, -0.15) is 28.4 Å². The van der Waals surface area contributed by atoms with Crippen LogP contribution in [-0.2, 0) is 15.8 Å². The first-order valence-electron chi connectivity index (χ1n) is 8.09. The summed E-state index contributed by atoms with van der Waals surface area (Å²) in [5.74, 6) is -1.12. The molecule has 1 heterocycles. The van der Waals surface area contributed by atoms with E-state index in [4.69, 9.17) is 0 Å². The number of benzene rings is 2. The Morgan fingerprint density at radius 2 is 1.86 bits per heavy atom. The molecule has 2 amide bonds. The fourth-order valence-electron chi connectivity index (χ4n) is 2.45. The first kappa shape index (κ1) is 19.2. The van der Waals surface area contributed by atoms with Crippen LogP contribution < -0.4 is 10.3 Å². The highest BCUT2D eigenvalue weighted by atomic mass is 19.4. The molecule has 0 radical (unpaired) electrons. The first-order chi connectivity index (χ1) is 13.3. The topological polar surface area (TPSA) is 86.5 Å². The molecule has 0 spiro atoms. The van der Waals surface area contributed by atoms with Gasteiger partial charge >= 0.3 is 6.18 Å². The lowest BCUT2D eigenvalue weighted by Crippen LogP contribution is -2.38. The Bertz CT molecular complexity index is 957. The number of halogens is 3. The summed E-state index contributed by atoms with van der Waals surface area (Å²) in [5.41, 5.74) is -0.515. The lowest BCUT2D eigenvalue weighted by molar-refractivity contribution is -0.137. The zero-order valence-electron chi connectivity index (χ0n) is 14.5.